The lowest BCUT2D eigenvalue weighted by atomic mass is 10.0. The van der Waals surface area contributed by atoms with Gasteiger partial charge < -0.3 is 10.1 Å². The number of anilines is 1. The molecule has 0 unspecified atom stereocenters. The van der Waals surface area contributed by atoms with Crippen LogP contribution in [0.5, 0.6) is 0 Å². The number of esters is 1. The molecule has 1 amide bonds. The molecule has 1 N–H and O–H groups in total. The Hall–Kier alpha value is -4.64. The number of unbranched alkanes of at least 4 members (excludes halogenated alkanes) is 1. The van der Waals surface area contributed by atoms with Crippen molar-refractivity contribution < 1.29 is 35.9 Å². The van der Waals surface area contributed by atoms with E-state index in [4.69, 9.17) is 4.74 Å². The Morgan fingerprint density at radius 2 is 1.57 bits per heavy atom. The van der Waals surface area contributed by atoms with E-state index in [1.54, 1.807) is 24.3 Å². The number of halogens is 3. The highest BCUT2D eigenvalue weighted by Crippen LogP contribution is 2.38. The molecule has 0 radical (unpaired) electrons. The van der Waals surface area contributed by atoms with Gasteiger partial charge in [0.1, 0.15) is 6.04 Å². The maximum absolute atomic E-state index is 14.1. The van der Waals surface area contributed by atoms with Crippen molar-refractivity contribution in [2.24, 2.45) is 0 Å². The first-order chi connectivity index (χ1) is 22.0. The monoisotopic (exact) mass is 650 g/mol. The largest absolute Gasteiger partial charge is 0.469 e. The molecular weight excluding hydrogens is 617 g/mol. The van der Waals surface area contributed by atoms with Crippen molar-refractivity contribution in [1.82, 2.24) is 5.32 Å². The Morgan fingerprint density at radius 3 is 2.28 bits per heavy atom. The molecule has 1 heterocycles. The fourth-order valence-electron chi connectivity index (χ4n) is 5.62. The molecule has 0 aliphatic carbocycles. The van der Waals surface area contributed by atoms with Crippen LogP contribution in [0.4, 0.5) is 18.9 Å². The lowest BCUT2D eigenvalue weighted by Gasteiger charge is -2.26. The molecule has 240 valence electrons. The number of nitrogens with one attached hydrogen (secondary N) is 1. The van der Waals surface area contributed by atoms with Gasteiger partial charge in [-0.05, 0) is 77.4 Å². The van der Waals surface area contributed by atoms with Crippen molar-refractivity contribution >= 4 is 27.6 Å². The summed E-state index contributed by atoms with van der Waals surface area (Å²) in [5, 5.41) is 2.92. The summed E-state index contributed by atoms with van der Waals surface area (Å²) in [4.78, 5) is 25.0. The zero-order valence-corrected chi connectivity index (χ0v) is 25.9. The molecular formula is C35H33F3N2O5S. The lowest BCUT2D eigenvalue weighted by molar-refractivity contribution is -0.140. The summed E-state index contributed by atoms with van der Waals surface area (Å²) in [5.74, 6) is -0.717. The number of hydrogen-bond donors (Lipinski definition) is 1. The minimum atomic E-state index is -4.51. The molecule has 4 aromatic carbocycles. The van der Waals surface area contributed by atoms with Crippen LogP contribution in [0.3, 0.4) is 0 Å². The maximum atomic E-state index is 14.1. The van der Waals surface area contributed by atoms with E-state index in [0.717, 1.165) is 34.0 Å². The van der Waals surface area contributed by atoms with Crippen LogP contribution in [0, 0.1) is 0 Å². The van der Waals surface area contributed by atoms with Crippen molar-refractivity contribution in [1.29, 1.82) is 0 Å². The summed E-state index contributed by atoms with van der Waals surface area (Å²) in [7, 11) is -2.88. The molecule has 0 saturated heterocycles. The van der Waals surface area contributed by atoms with Crippen molar-refractivity contribution in [3.63, 3.8) is 0 Å². The summed E-state index contributed by atoms with van der Waals surface area (Å²) < 4.78 is 73.7. The van der Waals surface area contributed by atoms with Crippen molar-refractivity contribution in [3.05, 3.63) is 119 Å². The Labute approximate surface area is 266 Å². The SMILES string of the molecule is COC(=O)CCCCc1ccccc1CNC(=O)[C@@H]1Cc2ccccc2N1S(=O)(=O)c1ccc(-c2cccc(C(F)(F)F)c2)cc1. The lowest BCUT2D eigenvalue weighted by Crippen LogP contribution is -2.47. The minimum absolute atomic E-state index is 0.0879. The molecule has 46 heavy (non-hydrogen) atoms. The highest BCUT2D eigenvalue weighted by atomic mass is 32.2. The number of benzene rings is 4. The number of nitrogens with zero attached hydrogens (tertiary/aromatic N) is 1. The molecule has 1 aliphatic heterocycles. The topological polar surface area (TPSA) is 92.8 Å². The molecule has 11 heteroatoms. The number of alkyl halides is 3. The fraction of sp³-hybridized carbons (Fsp3) is 0.257. The Morgan fingerprint density at radius 1 is 0.870 bits per heavy atom. The van der Waals surface area contributed by atoms with E-state index >= 15 is 0 Å². The van der Waals surface area contributed by atoms with E-state index in [0.29, 0.717) is 41.6 Å². The summed E-state index contributed by atoms with van der Waals surface area (Å²) in [5.41, 5.74) is 2.94. The van der Waals surface area contributed by atoms with Gasteiger partial charge in [-0.2, -0.15) is 13.2 Å². The molecule has 0 fully saturated rings. The Balaban J connectivity index is 1.34. The zero-order valence-electron chi connectivity index (χ0n) is 25.1. The summed E-state index contributed by atoms with van der Waals surface area (Å²) in [6, 6.07) is 23.9. The first-order valence-corrected chi connectivity index (χ1v) is 16.2. The van der Waals surface area contributed by atoms with Crippen LogP contribution in [-0.4, -0.2) is 33.4 Å². The number of rotatable bonds is 11. The van der Waals surface area contributed by atoms with Crippen LogP contribution < -0.4 is 9.62 Å². The quantitative estimate of drug-likeness (QED) is 0.144. The first-order valence-electron chi connectivity index (χ1n) is 14.8. The van der Waals surface area contributed by atoms with Crippen LogP contribution in [0.1, 0.15) is 41.5 Å². The number of hydrogen-bond acceptors (Lipinski definition) is 5. The van der Waals surface area contributed by atoms with E-state index in [2.05, 4.69) is 5.32 Å². The van der Waals surface area contributed by atoms with E-state index in [9.17, 15) is 31.2 Å². The van der Waals surface area contributed by atoms with Crippen molar-refractivity contribution in [3.8, 4) is 11.1 Å². The highest BCUT2D eigenvalue weighted by Gasteiger charge is 2.42. The van der Waals surface area contributed by atoms with Gasteiger partial charge in [-0.15, -0.1) is 0 Å². The van der Waals surface area contributed by atoms with Gasteiger partial charge in [-0.1, -0.05) is 66.7 Å². The number of carbonyl (C=O) groups is 2. The summed E-state index contributed by atoms with van der Waals surface area (Å²) in [6.45, 7) is 0.193. The van der Waals surface area contributed by atoms with Crippen LogP contribution >= 0.6 is 0 Å². The average molecular weight is 651 g/mol. The number of aryl methyl sites for hydroxylation is 1. The number of amides is 1. The van der Waals surface area contributed by atoms with Gasteiger partial charge in [0.25, 0.3) is 10.0 Å². The molecule has 0 saturated carbocycles. The third-order valence-corrected chi connectivity index (χ3v) is 9.88. The van der Waals surface area contributed by atoms with E-state index in [1.165, 1.54) is 43.5 Å². The van der Waals surface area contributed by atoms with E-state index in [-0.39, 0.29) is 23.8 Å². The first kappa shape index (κ1) is 32.7. The van der Waals surface area contributed by atoms with Gasteiger partial charge in [-0.25, -0.2) is 8.42 Å². The van der Waals surface area contributed by atoms with Crippen molar-refractivity contribution in [2.75, 3.05) is 11.4 Å². The predicted octanol–water partition coefficient (Wildman–Crippen LogP) is 6.69. The molecule has 0 aromatic heterocycles. The Kier molecular flexibility index (Phi) is 9.81. The standard InChI is InChI=1S/C35H33F3N2O5S/c1-45-33(41)16-7-5-10-24-9-2-3-12-28(24)23-39-34(42)32-22-27-11-4-6-15-31(27)40(32)46(43,44)30-19-17-25(18-20-30)26-13-8-14-29(21-26)35(36,37)38/h2-4,6,8-9,11-15,17-21,32H,5,7,10,16,22-23H2,1H3,(H,39,42)/t32-/m0/s1. The zero-order chi connectivity index (χ0) is 32.9. The summed E-state index contributed by atoms with van der Waals surface area (Å²) >= 11 is 0. The van der Waals surface area contributed by atoms with Crippen LogP contribution in [0.2, 0.25) is 0 Å². The molecule has 1 aliphatic rings. The van der Waals surface area contributed by atoms with Gasteiger partial charge in [0, 0.05) is 19.4 Å². The normalized spacial score (nSPS) is 14.5. The van der Waals surface area contributed by atoms with Crippen LogP contribution in [-0.2, 0) is 49.9 Å². The molecule has 5 rings (SSSR count). The highest BCUT2D eigenvalue weighted by molar-refractivity contribution is 7.93. The number of carbonyl (C=O) groups excluding carboxylic acids is 2. The van der Waals surface area contributed by atoms with Gasteiger partial charge in [0.2, 0.25) is 5.91 Å². The predicted molar refractivity (Wildman–Crippen MR) is 168 cm³/mol. The van der Waals surface area contributed by atoms with Crippen molar-refractivity contribution in [2.45, 2.75) is 55.8 Å². The fourth-order valence-corrected chi connectivity index (χ4v) is 7.27. The third kappa shape index (κ3) is 7.25. The van der Waals surface area contributed by atoms with Gasteiger partial charge in [0.05, 0.1) is 23.3 Å². The second-order valence-corrected chi connectivity index (χ2v) is 12.8. The summed E-state index contributed by atoms with van der Waals surface area (Å²) in [6.07, 6.45) is -1.87. The van der Waals surface area contributed by atoms with E-state index in [1.807, 2.05) is 24.3 Å². The molecule has 4 aromatic rings. The van der Waals surface area contributed by atoms with Crippen LogP contribution in [0.15, 0.2) is 102 Å². The second kappa shape index (κ2) is 13.8. The Bertz CT molecular complexity index is 1820. The molecule has 7 nitrogen and oxygen atoms in total. The number of para-hydroxylation sites is 1. The van der Waals surface area contributed by atoms with Crippen LogP contribution in [0.25, 0.3) is 11.1 Å². The van der Waals surface area contributed by atoms with Gasteiger partial charge in [-0.3, -0.25) is 13.9 Å². The van der Waals surface area contributed by atoms with Gasteiger partial charge in [0.15, 0.2) is 0 Å². The second-order valence-electron chi connectivity index (χ2n) is 11.0. The van der Waals surface area contributed by atoms with Gasteiger partial charge >= 0.3 is 12.1 Å². The number of methoxy groups -OCH3 is 1. The number of sulfonamides is 1. The maximum Gasteiger partial charge on any atom is 0.416 e. The van der Waals surface area contributed by atoms with E-state index < -0.39 is 33.7 Å². The molecule has 1 atom stereocenters. The molecule has 0 bridgehead atoms. The molecule has 0 spiro atoms. The minimum Gasteiger partial charge on any atom is -0.469 e. The third-order valence-electron chi connectivity index (χ3n) is 8.04. The average Bonchev–Trinajstić information content (AvgIpc) is 3.46. The smallest absolute Gasteiger partial charge is 0.416 e. The number of ether oxygens (including phenoxy) is 1. The number of fused-ring (bicyclic) bond motifs is 1.